The van der Waals surface area contributed by atoms with Crippen molar-refractivity contribution < 1.29 is 4.52 Å². The third kappa shape index (κ3) is 5.47. The molecule has 2 aromatic rings. The summed E-state index contributed by atoms with van der Waals surface area (Å²) < 4.78 is 5.38. The molecule has 2 rings (SSSR count). The van der Waals surface area contributed by atoms with Gasteiger partial charge < -0.3 is 15.2 Å². The van der Waals surface area contributed by atoms with Crippen LogP contribution in [0.5, 0.6) is 0 Å². The Morgan fingerprint density at radius 3 is 2.54 bits per heavy atom. The van der Waals surface area contributed by atoms with Crippen LogP contribution in [0.25, 0.3) is 0 Å². The number of pyridine rings is 1. The van der Waals surface area contributed by atoms with Gasteiger partial charge in [0.15, 0.2) is 5.96 Å². The van der Waals surface area contributed by atoms with Crippen molar-refractivity contribution in [3.8, 4) is 0 Å². The Morgan fingerprint density at radius 2 is 1.92 bits per heavy atom. The van der Waals surface area contributed by atoms with Gasteiger partial charge in [-0.3, -0.25) is 9.98 Å². The topological polar surface area (TPSA) is 75.3 Å². The second-order valence-corrected chi connectivity index (χ2v) is 5.29. The Bertz CT molecular complexity index is 647. The van der Waals surface area contributed by atoms with Crippen LogP contribution in [0, 0.1) is 6.92 Å². The van der Waals surface area contributed by atoms with E-state index >= 15 is 0 Å². The molecule has 2 N–H and O–H groups in total. The number of aromatic nitrogens is 2. The van der Waals surface area contributed by atoms with Gasteiger partial charge >= 0.3 is 0 Å². The first kappa shape index (κ1) is 20.4. The van der Waals surface area contributed by atoms with Crippen molar-refractivity contribution in [2.45, 2.75) is 46.7 Å². The molecule has 2 aromatic heterocycles. The van der Waals surface area contributed by atoms with Gasteiger partial charge in [0.2, 0.25) is 0 Å². The van der Waals surface area contributed by atoms with Crippen LogP contribution in [-0.2, 0) is 25.9 Å². The fourth-order valence-corrected chi connectivity index (χ4v) is 2.40. The summed E-state index contributed by atoms with van der Waals surface area (Å²) in [7, 11) is 1.76. The van der Waals surface area contributed by atoms with Gasteiger partial charge in [-0.25, -0.2) is 0 Å². The van der Waals surface area contributed by atoms with Crippen LogP contribution in [0.3, 0.4) is 0 Å². The van der Waals surface area contributed by atoms with E-state index in [2.05, 4.69) is 39.6 Å². The van der Waals surface area contributed by atoms with Crippen LogP contribution in [-0.4, -0.2) is 23.1 Å². The molecular formula is C17H26IN5O. The zero-order valence-electron chi connectivity index (χ0n) is 14.7. The molecule has 0 atom stereocenters. The molecule has 0 radical (unpaired) electrons. The number of guanidine groups is 1. The van der Waals surface area contributed by atoms with Gasteiger partial charge in [0.1, 0.15) is 5.76 Å². The number of aryl methyl sites for hydroxylation is 3. The van der Waals surface area contributed by atoms with E-state index in [-0.39, 0.29) is 24.0 Å². The molecule has 132 valence electrons. The fourth-order valence-electron chi connectivity index (χ4n) is 2.40. The van der Waals surface area contributed by atoms with Crippen LogP contribution in [0.2, 0.25) is 0 Å². The number of hydrogen-bond acceptors (Lipinski definition) is 4. The lowest BCUT2D eigenvalue weighted by molar-refractivity contribution is 0.380. The van der Waals surface area contributed by atoms with Crippen molar-refractivity contribution in [1.82, 2.24) is 20.8 Å². The highest BCUT2D eigenvalue weighted by molar-refractivity contribution is 14.0. The van der Waals surface area contributed by atoms with E-state index in [4.69, 9.17) is 4.52 Å². The van der Waals surface area contributed by atoms with Crippen LogP contribution in [0.15, 0.2) is 27.7 Å². The predicted molar refractivity (Wildman–Crippen MR) is 107 cm³/mol. The maximum Gasteiger partial charge on any atom is 0.191 e. The number of aliphatic imine (C=N–C) groups is 1. The molecule has 0 saturated heterocycles. The molecule has 0 amide bonds. The summed E-state index contributed by atoms with van der Waals surface area (Å²) >= 11 is 0. The summed E-state index contributed by atoms with van der Waals surface area (Å²) in [5, 5.41) is 10.7. The maximum atomic E-state index is 5.38. The molecule has 0 aliphatic rings. The minimum atomic E-state index is 0. The van der Waals surface area contributed by atoms with E-state index in [9.17, 15) is 0 Å². The van der Waals surface area contributed by atoms with E-state index < -0.39 is 0 Å². The minimum Gasteiger partial charge on any atom is -0.361 e. The summed E-state index contributed by atoms with van der Waals surface area (Å²) in [5.74, 6) is 1.67. The van der Waals surface area contributed by atoms with Gasteiger partial charge in [-0.1, -0.05) is 25.1 Å². The molecule has 2 heterocycles. The Labute approximate surface area is 160 Å². The number of nitrogens with zero attached hydrogens (tertiary/aromatic N) is 3. The normalized spacial score (nSPS) is 11.1. The predicted octanol–water partition coefficient (Wildman–Crippen LogP) is 2.99. The third-order valence-electron chi connectivity index (χ3n) is 3.65. The van der Waals surface area contributed by atoms with Crippen molar-refractivity contribution in [1.29, 1.82) is 0 Å². The quantitative estimate of drug-likeness (QED) is 0.408. The van der Waals surface area contributed by atoms with Gasteiger partial charge in [0.25, 0.3) is 0 Å². The highest BCUT2D eigenvalue weighted by Crippen LogP contribution is 2.15. The summed E-state index contributed by atoms with van der Waals surface area (Å²) in [6.07, 6.45) is 1.70. The summed E-state index contributed by atoms with van der Waals surface area (Å²) in [6, 6.07) is 5.99. The van der Waals surface area contributed by atoms with Crippen LogP contribution >= 0.6 is 24.0 Å². The van der Waals surface area contributed by atoms with Crippen molar-refractivity contribution in [2.24, 2.45) is 4.99 Å². The lowest BCUT2D eigenvalue weighted by atomic mass is 10.1. The van der Waals surface area contributed by atoms with Gasteiger partial charge in [0.05, 0.1) is 17.9 Å². The number of nitrogens with one attached hydrogen (secondary N) is 2. The van der Waals surface area contributed by atoms with E-state index in [1.54, 1.807) is 7.05 Å². The van der Waals surface area contributed by atoms with Crippen LogP contribution in [0.4, 0.5) is 0 Å². The van der Waals surface area contributed by atoms with E-state index in [0.717, 1.165) is 47.2 Å². The van der Waals surface area contributed by atoms with E-state index in [0.29, 0.717) is 13.1 Å². The molecule has 24 heavy (non-hydrogen) atoms. The first-order chi connectivity index (χ1) is 11.2. The highest BCUT2D eigenvalue weighted by atomic mass is 127. The summed E-state index contributed by atoms with van der Waals surface area (Å²) in [6.45, 7) is 7.42. The van der Waals surface area contributed by atoms with Gasteiger partial charge in [-0.2, -0.15) is 0 Å². The van der Waals surface area contributed by atoms with Crippen molar-refractivity contribution in [2.75, 3.05) is 7.05 Å². The summed E-state index contributed by atoms with van der Waals surface area (Å²) in [4.78, 5) is 8.73. The first-order valence-electron chi connectivity index (χ1n) is 8.01. The maximum absolute atomic E-state index is 5.38. The number of hydrogen-bond donors (Lipinski definition) is 2. The lowest BCUT2D eigenvalue weighted by Crippen LogP contribution is -2.36. The Kier molecular flexibility index (Phi) is 8.73. The van der Waals surface area contributed by atoms with Crippen LogP contribution < -0.4 is 10.6 Å². The second kappa shape index (κ2) is 10.3. The molecule has 0 aromatic carbocycles. The lowest BCUT2D eigenvalue weighted by Gasteiger charge is -2.12. The molecule has 0 saturated carbocycles. The van der Waals surface area contributed by atoms with Gasteiger partial charge in [0, 0.05) is 31.3 Å². The molecule has 0 fully saturated rings. The Hall–Kier alpha value is -1.64. The highest BCUT2D eigenvalue weighted by Gasteiger charge is 2.13. The molecule has 0 aliphatic carbocycles. The molecular weight excluding hydrogens is 417 g/mol. The van der Waals surface area contributed by atoms with E-state index in [1.807, 2.05) is 25.1 Å². The average Bonchev–Trinajstić information content (AvgIpc) is 2.97. The molecule has 0 bridgehead atoms. The molecule has 0 unspecified atom stereocenters. The summed E-state index contributed by atoms with van der Waals surface area (Å²) in [5.41, 5.74) is 4.13. The molecule has 7 heteroatoms. The zero-order chi connectivity index (χ0) is 16.7. The minimum absolute atomic E-state index is 0. The second-order valence-electron chi connectivity index (χ2n) is 5.29. The van der Waals surface area contributed by atoms with Crippen LogP contribution in [0.1, 0.15) is 42.3 Å². The molecule has 0 aliphatic heterocycles. The SMILES string of the molecule is CCc1noc(CC)c1CNC(=NC)NCc1cccc(C)n1.I. The van der Waals surface area contributed by atoms with Gasteiger partial charge in [-0.15, -0.1) is 24.0 Å². The monoisotopic (exact) mass is 443 g/mol. The number of rotatable bonds is 6. The molecule has 6 nitrogen and oxygen atoms in total. The van der Waals surface area contributed by atoms with Crippen molar-refractivity contribution in [3.63, 3.8) is 0 Å². The Morgan fingerprint density at radius 1 is 1.17 bits per heavy atom. The van der Waals surface area contributed by atoms with Crippen molar-refractivity contribution >= 4 is 29.9 Å². The van der Waals surface area contributed by atoms with Gasteiger partial charge in [-0.05, 0) is 25.5 Å². The Balaban J connectivity index is 0.00000288. The smallest absolute Gasteiger partial charge is 0.191 e. The average molecular weight is 443 g/mol. The van der Waals surface area contributed by atoms with Crippen molar-refractivity contribution in [3.05, 3.63) is 46.6 Å². The molecule has 0 spiro atoms. The number of halogens is 1. The largest absolute Gasteiger partial charge is 0.361 e. The van der Waals surface area contributed by atoms with E-state index in [1.165, 1.54) is 0 Å². The standard InChI is InChI=1S/C17H25N5O.HI/c1-5-15-14(16(6-2)23-22-15)11-20-17(18-4)19-10-13-9-7-8-12(3)21-13;/h7-9H,5-6,10-11H2,1-4H3,(H2,18,19,20);1H. The fraction of sp³-hybridized carbons (Fsp3) is 0.471. The third-order valence-corrected chi connectivity index (χ3v) is 3.65. The zero-order valence-corrected chi connectivity index (χ0v) is 17.0. The first-order valence-corrected chi connectivity index (χ1v) is 8.01.